The van der Waals surface area contributed by atoms with Crippen LogP contribution in [0.15, 0.2) is 30.3 Å². The summed E-state index contributed by atoms with van der Waals surface area (Å²) in [5.74, 6) is -1.15. The van der Waals surface area contributed by atoms with E-state index in [4.69, 9.17) is 5.11 Å². The van der Waals surface area contributed by atoms with E-state index in [9.17, 15) is 24.5 Å². The minimum atomic E-state index is -0.774. The van der Waals surface area contributed by atoms with E-state index in [-0.39, 0.29) is 24.1 Å². The first-order valence-corrected chi connectivity index (χ1v) is 10.6. The third kappa shape index (κ3) is 8.25. The number of aliphatic carboxylic acids is 1. The predicted molar refractivity (Wildman–Crippen MR) is 110 cm³/mol. The number of carboxylic acids is 1. The Hall–Kier alpha value is -1.76. The fourth-order valence-electron chi connectivity index (χ4n) is 4.28. The SMILES string of the molecule is O=C(O)CCCCCCC1C(O)CC(O)C1CCC(O)/C=C/c1cccc(F)c1. The first-order chi connectivity index (χ1) is 13.9. The topological polar surface area (TPSA) is 98.0 Å². The number of carbonyl (C=O) groups is 1. The van der Waals surface area contributed by atoms with E-state index < -0.39 is 24.3 Å². The smallest absolute Gasteiger partial charge is 0.303 e. The second kappa shape index (κ2) is 12.1. The predicted octanol–water partition coefficient (Wildman–Crippen LogP) is 3.76. The molecule has 0 bridgehead atoms. The molecule has 5 unspecified atom stereocenters. The summed E-state index contributed by atoms with van der Waals surface area (Å²) >= 11 is 0. The Morgan fingerprint density at radius 1 is 1.10 bits per heavy atom. The van der Waals surface area contributed by atoms with Crippen molar-refractivity contribution < 1.29 is 29.6 Å². The Morgan fingerprint density at radius 2 is 1.79 bits per heavy atom. The summed E-state index contributed by atoms with van der Waals surface area (Å²) < 4.78 is 13.2. The van der Waals surface area contributed by atoms with Crippen LogP contribution < -0.4 is 0 Å². The van der Waals surface area contributed by atoms with Gasteiger partial charge in [-0.3, -0.25) is 4.79 Å². The lowest BCUT2D eigenvalue weighted by atomic mass is 9.85. The van der Waals surface area contributed by atoms with Gasteiger partial charge in [-0.25, -0.2) is 4.39 Å². The van der Waals surface area contributed by atoms with Crippen LogP contribution in [0.1, 0.15) is 63.4 Å². The highest BCUT2D eigenvalue weighted by molar-refractivity contribution is 5.66. The summed E-state index contributed by atoms with van der Waals surface area (Å²) in [6, 6.07) is 6.14. The van der Waals surface area contributed by atoms with Crippen LogP contribution in [0.2, 0.25) is 0 Å². The molecule has 1 aromatic carbocycles. The number of unbranched alkanes of at least 4 members (excludes halogenated alkanes) is 3. The maximum atomic E-state index is 13.2. The van der Waals surface area contributed by atoms with Crippen molar-refractivity contribution in [3.05, 3.63) is 41.7 Å². The highest BCUT2D eigenvalue weighted by atomic mass is 19.1. The fraction of sp³-hybridized carbons (Fsp3) is 0.609. The number of aliphatic hydroxyl groups is 3. The Morgan fingerprint density at radius 3 is 2.48 bits per heavy atom. The summed E-state index contributed by atoms with van der Waals surface area (Å²) in [6.45, 7) is 0. The average Bonchev–Trinajstić information content (AvgIpc) is 2.93. The number of aliphatic hydroxyl groups excluding tert-OH is 3. The maximum absolute atomic E-state index is 13.2. The Balaban J connectivity index is 1.76. The number of hydrogen-bond donors (Lipinski definition) is 4. The van der Waals surface area contributed by atoms with Gasteiger partial charge in [-0.05, 0) is 61.6 Å². The van der Waals surface area contributed by atoms with Crippen LogP contribution in [-0.2, 0) is 4.79 Å². The molecule has 0 saturated heterocycles. The number of rotatable bonds is 12. The van der Waals surface area contributed by atoms with Gasteiger partial charge in [0.1, 0.15) is 5.82 Å². The molecular weight excluding hydrogens is 375 g/mol. The van der Waals surface area contributed by atoms with E-state index in [1.807, 2.05) is 0 Å². The summed E-state index contributed by atoms with van der Waals surface area (Å²) in [5, 5.41) is 39.5. The molecule has 6 heteroatoms. The summed E-state index contributed by atoms with van der Waals surface area (Å²) in [7, 11) is 0. The largest absolute Gasteiger partial charge is 0.481 e. The highest BCUT2D eigenvalue weighted by Crippen LogP contribution is 2.39. The Labute approximate surface area is 171 Å². The van der Waals surface area contributed by atoms with Gasteiger partial charge in [0, 0.05) is 6.42 Å². The molecule has 1 aliphatic carbocycles. The average molecular weight is 409 g/mol. The van der Waals surface area contributed by atoms with Crippen LogP contribution in [0.5, 0.6) is 0 Å². The molecule has 0 aliphatic heterocycles. The van der Waals surface area contributed by atoms with Crippen molar-refractivity contribution in [3.8, 4) is 0 Å². The number of halogens is 1. The lowest BCUT2D eigenvalue weighted by Gasteiger charge is -2.24. The van der Waals surface area contributed by atoms with Crippen LogP contribution in [0.3, 0.4) is 0 Å². The van der Waals surface area contributed by atoms with Crippen molar-refractivity contribution in [1.29, 1.82) is 0 Å². The van der Waals surface area contributed by atoms with E-state index in [1.165, 1.54) is 12.1 Å². The van der Waals surface area contributed by atoms with Crippen molar-refractivity contribution in [2.45, 2.75) is 76.1 Å². The molecule has 4 N–H and O–H groups in total. The summed E-state index contributed by atoms with van der Waals surface area (Å²) in [4.78, 5) is 10.5. The summed E-state index contributed by atoms with van der Waals surface area (Å²) in [6.07, 6.45) is 7.27. The lowest BCUT2D eigenvalue weighted by molar-refractivity contribution is -0.137. The number of hydrogen-bond acceptors (Lipinski definition) is 4. The molecule has 0 heterocycles. The third-order valence-electron chi connectivity index (χ3n) is 5.85. The molecule has 162 valence electrons. The first kappa shape index (κ1) is 23.5. The van der Waals surface area contributed by atoms with Crippen molar-refractivity contribution in [1.82, 2.24) is 0 Å². The van der Waals surface area contributed by atoms with Gasteiger partial charge in [-0.2, -0.15) is 0 Å². The van der Waals surface area contributed by atoms with Crippen LogP contribution in [-0.4, -0.2) is 44.7 Å². The van der Waals surface area contributed by atoms with E-state index in [0.29, 0.717) is 31.2 Å². The van der Waals surface area contributed by atoms with E-state index in [1.54, 1.807) is 24.3 Å². The van der Waals surface area contributed by atoms with Gasteiger partial charge in [0.25, 0.3) is 0 Å². The number of benzene rings is 1. The second-order valence-corrected chi connectivity index (χ2v) is 8.10. The molecule has 0 aromatic heterocycles. The monoisotopic (exact) mass is 408 g/mol. The Kier molecular flexibility index (Phi) is 9.78. The zero-order valence-electron chi connectivity index (χ0n) is 16.8. The molecule has 1 aromatic rings. The highest BCUT2D eigenvalue weighted by Gasteiger charge is 2.40. The molecule has 1 saturated carbocycles. The standard InChI is InChI=1S/C23H33FO5/c24-17-7-5-6-16(14-17)10-11-18(25)12-13-20-19(21(26)15-22(20)27)8-3-1-2-4-9-23(28)29/h5-7,10-11,14,18-22,25-27H,1-4,8-9,12-13,15H2,(H,28,29)/b11-10+. The van der Waals surface area contributed by atoms with Crippen LogP contribution in [0.25, 0.3) is 6.08 Å². The van der Waals surface area contributed by atoms with Crippen molar-refractivity contribution in [3.63, 3.8) is 0 Å². The van der Waals surface area contributed by atoms with Gasteiger partial charge in [-0.15, -0.1) is 0 Å². The van der Waals surface area contributed by atoms with E-state index >= 15 is 0 Å². The molecule has 2 rings (SSSR count). The van der Waals surface area contributed by atoms with Gasteiger partial charge in [0.2, 0.25) is 0 Å². The lowest BCUT2D eigenvalue weighted by Crippen LogP contribution is -2.23. The van der Waals surface area contributed by atoms with Gasteiger partial charge < -0.3 is 20.4 Å². The van der Waals surface area contributed by atoms with Crippen LogP contribution in [0.4, 0.5) is 4.39 Å². The molecule has 29 heavy (non-hydrogen) atoms. The molecular formula is C23H33FO5. The quantitative estimate of drug-likeness (QED) is 0.395. The normalized spacial score (nSPS) is 25.5. The van der Waals surface area contributed by atoms with Crippen LogP contribution in [0, 0.1) is 17.7 Å². The molecule has 5 nitrogen and oxygen atoms in total. The van der Waals surface area contributed by atoms with E-state index in [0.717, 1.165) is 25.7 Å². The van der Waals surface area contributed by atoms with Gasteiger partial charge in [-0.1, -0.05) is 43.5 Å². The molecule has 1 aliphatic rings. The molecule has 0 spiro atoms. The molecule has 5 atom stereocenters. The van der Waals surface area contributed by atoms with Crippen molar-refractivity contribution in [2.75, 3.05) is 0 Å². The van der Waals surface area contributed by atoms with Gasteiger partial charge in [0.15, 0.2) is 0 Å². The zero-order valence-corrected chi connectivity index (χ0v) is 16.8. The second-order valence-electron chi connectivity index (χ2n) is 8.10. The molecule has 1 fully saturated rings. The zero-order chi connectivity index (χ0) is 21.2. The van der Waals surface area contributed by atoms with Crippen molar-refractivity contribution in [2.24, 2.45) is 11.8 Å². The number of carboxylic acid groups (broad SMARTS) is 1. The molecule has 0 amide bonds. The summed E-state index contributed by atoms with van der Waals surface area (Å²) in [5.41, 5.74) is 0.682. The third-order valence-corrected chi connectivity index (χ3v) is 5.85. The Bertz CT molecular complexity index is 662. The van der Waals surface area contributed by atoms with Gasteiger partial charge >= 0.3 is 5.97 Å². The van der Waals surface area contributed by atoms with Crippen LogP contribution >= 0.6 is 0 Å². The molecule has 0 radical (unpaired) electrons. The van der Waals surface area contributed by atoms with Gasteiger partial charge in [0.05, 0.1) is 18.3 Å². The first-order valence-electron chi connectivity index (χ1n) is 10.6. The minimum Gasteiger partial charge on any atom is -0.481 e. The maximum Gasteiger partial charge on any atom is 0.303 e. The fourth-order valence-corrected chi connectivity index (χ4v) is 4.28. The minimum absolute atomic E-state index is 0.00359. The van der Waals surface area contributed by atoms with Crippen molar-refractivity contribution >= 4 is 12.0 Å². The van der Waals surface area contributed by atoms with E-state index in [2.05, 4.69) is 0 Å².